The van der Waals surface area contributed by atoms with Crippen molar-refractivity contribution in [2.75, 3.05) is 13.1 Å². The molecule has 1 atom stereocenters. The highest BCUT2D eigenvalue weighted by molar-refractivity contribution is 6.21. The van der Waals surface area contributed by atoms with Crippen LogP contribution < -0.4 is 5.32 Å². The van der Waals surface area contributed by atoms with E-state index in [0.29, 0.717) is 0 Å². The van der Waals surface area contributed by atoms with Crippen LogP contribution in [0, 0.1) is 5.41 Å². The van der Waals surface area contributed by atoms with Gasteiger partial charge in [0.2, 0.25) is 0 Å². The molecule has 2 heterocycles. The Hall–Kier alpha value is -1.49. The summed E-state index contributed by atoms with van der Waals surface area (Å²) in [6, 6.07) is 0. The van der Waals surface area contributed by atoms with Crippen LogP contribution in [-0.2, 0) is 9.59 Å². The molecule has 2 N–H and O–H groups in total. The molecule has 0 aliphatic carbocycles. The topological polar surface area (TPSA) is 78.8 Å². The monoisotopic (exact) mass is 238 g/mol. The number of carbonyl (C=O) groups excluding carboxylic acids is 1. The van der Waals surface area contributed by atoms with Gasteiger partial charge in [-0.25, -0.2) is 0 Å². The van der Waals surface area contributed by atoms with Crippen LogP contribution in [0.25, 0.3) is 0 Å². The SMILES string of the molecule is C1CCNCC1.CC1(C(=O)O)C=NC=CC1=O. The molecule has 0 saturated carbocycles. The Morgan fingerprint density at radius 3 is 2.35 bits per heavy atom. The molecule has 5 heteroatoms. The molecule has 2 aliphatic rings. The Bertz CT molecular complexity index is 334. The van der Waals surface area contributed by atoms with Gasteiger partial charge < -0.3 is 10.4 Å². The number of allylic oxidation sites excluding steroid dienone is 1. The molecule has 2 rings (SSSR count). The van der Waals surface area contributed by atoms with Crippen LogP contribution in [0.2, 0.25) is 0 Å². The molecule has 17 heavy (non-hydrogen) atoms. The van der Waals surface area contributed by atoms with Crippen LogP contribution in [0.3, 0.4) is 0 Å². The van der Waals surface area contributed by atoms with Crippen LogP contribution in [0.15, 0.2) is 17.3 Å². The van der Waals surface area contributed by atoms with E-state index in [-0.39, 0.29) is 0 Å². The molecule has 0 amide bonds. The summed E-state index contributed by atoms with van der Waals surface area (Å²) in [5.74, 6) is -1.62. The molecule has 1 unspecified atom stereocenters. The minimum absolute atomic E-state index is 0.444. The minimum atomic E-state index is -1.46. The second kappa shape index (κ2) is 6.30. The predicted molar refractivity (Wildman–Crippen MR) is 65.1 cm³/mol. The molecular formula is C12H18N2O3. The average Bonchev–Trinajstić information content (AvgIpc) is 2.36. The van der Waals surface area contributed by atoms with Gasteiger partial charge in [-0.05, 0) is 32.9 Å². The third kappa shape index (κ3) is 3.78. The normalized spacial score (nSPS) is 27.2. The zero-order valence-corrected chi connectivity index (χ0v) is 9.98. The molecule has 2 aliphatic heterocycles. The van der Waals surface area contributed by atoms with E-state index in [1.807, 2.05) is 0 Å². The predicted octanol–water partition coefficient (Wildman–Crippen LogP) is 1.00. The van der Waals surface area contributed by atoms with Crippen LogP contribution >= 0.6 is 0 Å². The van der Waals surface area contributed by atoms with E-state index in [4.69, 9.17) is 5.11 Å². The number of piperidine rings is 1. The number of rotatable bonds is 1. The first kappa shape index (κ1) is 13.6. The number of hydrogen-bond donors (Lipinski definition) is 2. The highest BCUT2D eigenvalue weighted by Gasteiger charge is 2.39. The largest absolute Gasteiger partial charge is 0.480 e. The summed E-state index contributed by atoms with van der Waals surface area (Å²) in [7, 11) is 0. The van der Waals surface area contributed by atoms with E-state index >= 15 is 0 Å². The molecular weight excluding hydrogens is 220 g/mol. The Labute approximate surface area is 101 Å². The van der Waals surface area contributed by atoms with Crippen molar-refractivity contribution >= 4 is 18.0 Å². The lowest BCUT2D eigenvalue weighted by Crippen LogP contribution is -2.38. The fraction of sp³-hybridized carbons (Fsp3) is 0.583. The Kier molecular flexibility index (Phi) is 5.03. The van der Waals surface area contributed by atoms with Gasteiger partial charge in [-0.3, -0.25) is 14.6 Å². The maximum absolute atomic E-state index is 11.0. The van der Waals surface area contributed by atoms with Crippen molar-refractivity contribution in [2.24, 2.45) is 10.4 Å². The molecule has 1 fully saturated rings. The maximum atomic E-state index is 11.0. The van der Waals surface area contributed by atoms with Crippen molar-refractivity contribution in [1.82, 2.24) is 5.32 Å². The third-order valence-corrected chi connectivity index (χ3v) is 2.81. The van der Waals surface area contributed by atoms with Gasteiger partial charge >= 0.3 is 5.97 Å². The summed E-state index contributed by atoms with van der Waals surface area (Å²) in [5.41, 5.74) is -1.46. The minimum Gasteiger partial charge on any atom is -0.480 e. The van der Waals surface area contributed by atoms with Crippen molar-refractivity contribution in [1.29, 1.82) is 0 Å². The maximum Gasteiger partial charge on any atom is 0.322 e. The smallest absolute Gasteiger partial charge is 0.322 e. The van der Waals surface area contributed by atoms with Gasteiger partial charge in [0.05, 0.1) is 0 Å². The second-order valence-electron chi connectivity index (χ2n) is 4.28. The van der Waals surface area contributed by atoms with E-state index < -0.39 is 17.2 Å². The third-order valence-electron chi connectivity index (χ3n) is 2.81. The molecule has 94 valence electrons. The Morgan fingerprint density at radius 1 is 1.41 bits per heavy atom. The van der Waals surface area contributed by atoms with Crippen LogP contribution in [0.4, 0.5) is 0 Å². The van der Waals surface area contributed by atoms with Crippen molar-refractivity contribution < 1.29 is 14.7 Å². The lowest BCUT2D eigenvalue weighted by molar-refractivity contribution is -0.147. The summed E-state index contributed by atoms with van der Waals surface area (Å²) in [6.07, 6.45) is 7.80. The van der Waals surface area contributed by atoms with Crippen LogP contribution in [-0.4, -0.2) is 36.2 Å². The number of carboxylic acid groups (broad SMARTS) is 1. The van der Waals surface area contributed by atoms with Gasteiger partial charge in [-0.1, -0.05) is 6.42 Å². The van der Waals surface area contributed by atoms with Crippen molar-refractivity contribution in [3.05, 3.63) is 12.3 Å². The number of nitrogens with zero attached hydrogens (tertiary/aromatic N) is 1. The van der Waals surface area contributed by atoms with E-state index in [1.165, 1.54) is 45.5 Å². The van der Waals surface area contributed by atoms with Crippen LogP contribution in [0.1, 0.15) is 26.2 Å². The van der Waals surface area contributed by atoms with Gasteiger partial charge in [0.1, 0.15) is 0 Å². The Balaban J connectivity index is 0.000000202. The molecule has 0 spiro atoms. The van der Waals surface area contributed by atoms with Gasteiger partial charge in [-0.15, -0.1) is 0 Å². The standard InChI is InChI=1S/C7H7NO3.C5H11N/c1-7(6(10)11)4-8-3-2-5(7)9;1-2-4-6-5-3-1/h2-4H,1H3,(H,10,11);6H,1-5H2. The fourth-order valence-electron chi connectivity index (χ4n) is 1.50. The number of ketones is 1. The first-order chi connectivity index (χ1) is 8.07. The van der Waals surface area contributed by atoms with Crippen molar-refractivity contribution in [2.45, 2.75) is 26.2 Å². The number of aliphatic imine (C=N–C) groups is 1. The summed E-state index contributed by atoms with van der Waals surface area (Å²) in [6.45, 7) is 3.82. The molecule has 0 aromatic heterocycles. The first-order valence-electron chi connectivity index (χ1n) is 5.77. The summed E-state index contributed by atoms with van der Waals surface area (Å²) in [5, 5.41) is 11.9. The average molecular weight is 238 g/mol. The second-order valence-corrected chi connectivity index (χ2v) is 4.28. The van der Waals surface area contributed by atoms with Gasteiger partial charge in [-0.2, -0.15) is 0 Å². The lowest BCUT2D eigenvalue weighted by atomic mass is 9.86. The number of hydrogen-bond acceptors (Lipinski definition) is 4. The van der Waals surface area contributed by atoms with Gasteiger partial charge in [0.15, 0.2) is 11.2 Å². The summed E-state index contributed by atoms with van der Waals surface area (Å²) < 4.78 is 0. The highest BCUT2D eigenvalue weighted by Crippen LogP contribution is 2.18. The Morgan fingerprint density at radius 2 is 2.06 bits per heavy atom. The van der Waals surface area contributed by atoms with Crippen molar-refractivity contribution in [3.63, 3.8) is 0 Å². The van der Waals surface area contributed by atoms with E-state index in [0.717, 1.165) is 12.3 Å². The molecule has 0 aromatic carbocycles. The fourth-order valence-corrected chi connectivity index (χ4v) is 1.50. The van der Waals surface area contributed by atoms with E-state index in [2.05, 4.69) is 10.3 Å². The lowest BCUT2D eigenvalue weighted by Gasteiger charge is -2.17. The number of aliphatic carboxylic acids is 1. The molecule has 1 saturated heterocycles. The molecule has 5 nitrogen and oxygen atoms in total. The zero-order chi connectivity index (χ0) is 12.7. The molecule has 0 bridgehead atoms. The van der Waals surface area contributed by atoms with E-state index in [9.17, 15) is 9.59 Å². The van der Waals surface area contributed by atoms with Gasteiger partial charge in [0.25, 0.3) is 0 Å². The van der Waals surface area contributed by atoms with E-state index in [1.54, 1.807) is 0 Å². The van der Waals surface area contributed by atoms with Crippen LogP contribution in [0.5, 0.6) is 0 Å². The summed E-state index contributed by atoms with van der Waals surface area (Å²) in [4.78, 5) is 25.1. The zero-order valence-electron chi connectivity index (χ0n) is 9.98. The highest BCUT2D eigenvalue weighted by atomic mass is 16.4. The van der Waals surface area contributed by atoms with Gasteiger partial charge in [0, 0.05) is 18.5 Å². The first-order valence-corrected chi connectivity index (χ1v) is 5.77. The quantitative estimate of drug-likeness (QED) is 0.668. The molecule has 0 radical (unpaired) electrons. The molecule has 0 aromatic rings. The van der Waals surface area contributed by atoms with Crippen molar-refractivity contribution in [3.8, 4) is 0 Å². The number of carbonyl (C=O) groups is 2. The summed E-state index contributed by atoms with van der Waals surface area (Å²) >= 11 is 0. The number of nitrogens with one attached hydrogen (secondary N) is 1. The number of carboxylic acids is 1.